The van der Waals surface area contributed by atoms with Crippen LogP contribution < -0.4 is 5.43 Å². The Hall–Kier alpha value is -4.18. The number of para-hydroxylation sites is 1. The largest absolute Gasteiger partial charge is 0.291 e. The van der Waals surface area contributed by atoms with Crippen molar-refractivity contribution in [2.24, 2.45) is 0 Å². The quantitative estimate of drug-likeness (QED) is 0.392. The molecule has 0 amide bonds. The second-order valence-electron chi connectivity index (χ2n) is 6.97. The number of nitrogens with one attached hydrogen (secondary N) is 1. The van der Waals surface area contributed by atoms with Gasteiger partial charge in [0, 0.05) is 11.1 Å². The van der Waals surface area contributed by atoms with Crippen LogP contribution in [0.5, 0.6) is 0 Å². The highest BCUT2D eigenvalue weighted by atomic mass is 15.5. The Morgan fingerprint density at radius 2 is 0.833 bits per heavy atom. The topological polar surface area (TPSA) is 42.7 Å². The lowest BCUT2D eigenvalue weighted by Crippen LogP contribution is -2.12. The number of aromatic nitrogens is 3. The van der Waals surface area contributed by atoms with E-state index < -0.39 is 0 Å². The molecule has 0 aliphatic rings. The molecule has 30 heavy (non-hydrogen) atoms. The molecule has 1 N–H and O–H groups in total. The fourth-order valence-electron chi connectivity index (χ4n) is 3.44. The maximum Gasteiger partial charge on any atom is 0.183 e. The molecule has 0 aliphatic heterocycles. The summed E-state index contributed by atoms with van der Waals surface area (Å²) < 4.78 is 1.95. The van der Waals surface area contributed by atoms with E-state index in [1.165, 1.54) is 11.1 Å². The fraction of sp³-hybridized carbons (Fsp3) is 0. The van der Waals surface area contributed by atoms with E-state index in [4.69, 9.17) is 0 Å². The molecule has 0 unspecified atom stereocenters. The van der Waals surface area contributed by atoms with Crippen LogP contribution in [0.25, 0.3) is 33.9 Å². The van der Waals surface area contributed by atoms with Crippen LogP contribution in [0.4, 0.5) is 5.69 Å². The summed E-state index contributed by atoms with van der Waals surface area (Å²) in [7, 11) is 0. The number of rotatable bonds is 5. The number of benzene rings is 4. The molecular formula is C26H20N4. The predicted octanol–water partition coefficient (Wildman–Crippen LogP) is 6.15. The van der Waals surface area contributed by atoms with E-state index >= 15 is 0 Å². The van der Waals surface area contributed by atoms with Gasteiger partial charge in [0.25, 0.3) is 0 Å². The summed E-state index contributed by atoms with van der Waals surface area (Å²) in [5.74, 6) is 1.53. The normalized spacial score (nSPS) is 10.7. The van der Waals surface area contributed by atoms with Crippen LogP contribution in [0.15, 0.2) is 115 Å². The van der Waals surface area contributed by atoms with Crippen LogP contribution >= 0.6 is 0 Å². The Morgan fingerprint density at radius 1 is 0.433 bits per heavy atom. The summed E-state index contributed by atoms with van der Waals surface area (Å²) in [5, 5.41) is 9.00. The molecule has 0 atom stereocenters. The summed E-state index contributed by atoms with van der Waals surface area (Å²) in [5.41, 5.74) is 8.78. The van der Waals surface area contributed by atoms with Crippen LogP contribution in [0.3, 0.4) is 0 Å². The smallest absolute Gasteiger partial charge is 0.183 e. The molecule has 4 aromatic carbocycles. The minimum Gasteiger partial charge on any atom is -0.291 e. The minimum atomic E-state index is 0.761. The van der Waals surface area contributed by atoms with Crippen molar-refractivity contribution >= 4 is 5.69 Å². The highest BCUT2D eigenvalue weighted by Gasteiger charge is 2.16. The third-order valence-corrected chi connectivity index (χ3v) is 4.96. The Bertz CT molecular complexity index is 1230. The predicted molar refractivity (Wildman–Crippen MR) is 122 cm³/mol. The molecule has 144 valence electrons. The Kier molecular flexibility index (Phi) is 4.80. The molecule has 0 spiro atoms. The number of hydrogen-bond donors (Lipinski definition) is 1. The minimum absolute atomic E-state index is 0.761. The third-order valence-electron chi connectivity index (χ3n) is 4.96. The first kappa shape index (κ1) is 17.9. The van der Waals surface area contributed by atoms with E-state index in [2.05, 4.69) is 64.2 Å². The molecule has 0 bridgehead atoms. The van der Waals surface area contributed by atoms with Crippen LogP contribution in [0.1, 0.15) is 0 Å². The Balaban J connectivity index is 1.57. The first-order valence-corrected chi connectivity index (χ1v) is 9.87. The molecule has 4 nitrogen and oxygen atoms in total. The average Bonchev–Trinajstić information content (AvgIpc) is 3.24. The van der Waals surface area contributed by atoms with Crippen molar-refractivity contribution in [3.8, 4) is 33.9 Å². The highest BCUT2D eigenvalue weighted by molar-refractivity contribution is 5.69. The number of anilines is 1. The molecule has 0 aliphatic carbocycles. The van der Waals surface area contributed by atoms with Gasteiger partial charge in [0.1, 0.15) is 0 Å². The van der Waals surface area contributed by atoms with Crippen molar-refractivity contribution < 1.29 is 0 Å². The second kappa shape index (κ2) is 8.05. The summed E-state index contributed by atoms with van der Waals surface area (Å²) in [6, 6.07) is 38.9. The van der Waals surface area contributed by atoms with Gasteiger partial charge in [0.05, 0.1) is 5.69 Å². The lowest BCUT2D eigenvalue weighted by Gasteiger charge is -2.13. The maximum atomic E-state index is 4.51. The van der Waals surface area contributed by atoms with Gasteiger partial charge in [-0.2, -0.15) is 0 Å². The molecule has 4 heteroatoms. The zero-order valence-electron chi connectivity index (χ0n) is 16.3. The first-order valence-electron chi connectivity index (χ1n) is 9.87. The number of nitrogens with zero attached hydrogens (tertiary/aromatic N) is 3. The highest BCUT2D eigenvalue weighted by Crippen LogP contribution is 2.27. The Morgan fingerprint density at radius 3 is 1.40 bits per heavy atom. The molecular weight excluding hydrogens is 368 g/mol. The molecule has 5 rings (SSSR count). The van der Waals surface area contributed by atoms with Gasteiger partial charge in [-0.3, -0.25) is 5.43 Å². The SMILES string of the molecule is c1ccc(Nn2c(-c3ccccc3)nnc2-c2ccc(-c3ccccc3)cc2)cc1. The molecule has 0 saturated carbocycles. The van der Waals surface area contributed by atoms with Gasteiger partial charge in [-0.25, -0.2) is 4.68 Å². The van der Waals surface area contributed by atoms with Gasteiger partial charge in [0.2, 0.25) is 0 Å². The van der Waals surface area contributed by atoms with Gasteiger partial charge in [-0.15, -0.1) is 10.2 Å². The zero-order chi connectivity index (χ0) is 20.2. The molecule has 0 saturated heterocycles. The van der Waals surface area contributed by atoms with E-state index in [-0.39, 0.29) is 0 Å². The molecule has 0 radical (unpaired) electrons. The fourth-order valence-corrected chi connectivity index (χ4v) is 3.44. The Labute approximate surface area is 175 Å². The van der Waals surface area contributed by atoms with Crippen molar-refractivity contribution in [3.63, 3.8) is 0 Å². The first-order chi connectivity index (χ1) is 14.9. The lowest BCUT2D eigenvalue weighted by atomic mass is 10.0. The summed E-state index contributed by atoms with van der Waals surface area (Å²) in [4.78, 5) is 0. The van der Waals surface area contributed by atoms with E-state index in [9.17, 15) is 0 Å². The van der Waals surface area contributed by atoms with E-state index in [1.54, 1.807) is 0 Å². The standard InChI is InChI=1S/C26H20N4/c1-4-10-20(11-5-1)21-16-18-23(19-17-21)26-28-27-25(22-12-6-2-7-13-22)30(26)29-24-14-8-3-9-15-24/h1-19,29H. The monoisotopic (exact) mass is 388 g/mol. The summed E-state index contributed by atoms with van der Waals surface area (Å²) in [6.07, 6.45) is 0. The average molecular weight is 388 g/mol. The van der Waals surface area contributed by atoms with Crippen LogP contribution in [-0.4, -0.2) is 14.9 Å². The molecule has 1 heterocycles. The van der Waals surface area contributed by atoms with E-state index in [0.717, 1.165) is 28.5 Å². The maximum absolute atomic E-state index is 4.51. The van der Waals surface area contributed by atoms with Crippen molar-refractivity contribution in [2.45, 2.75) is 0 Å². The van der Waals surface area contributed by atoms with Crippen LogP contribution in [0.2, 0.25) is 0 Å². The molecule has 0 fully saturated rings. The van der Waals surface area contributed by atoms with Gasteiger partial charge < -0.3 is 0 Å². The lowest BCUT2D eigenvalue weighted by molar-refractivity contribution is 0.971. The van der Waals surface area contributed by atoms with Crippen molar-refractivity contribution in [1.29, 1.82) is 0 Å². The zero-order valence-corrected chi connectivity index (χ0v) is 16.3. The molecule has 1 aromatic heterocycles. The van der Waals surface area contributed by atoms with Gasteiger partial charge in [-0.05, 0) is 23.3 Å². The summed E-state index contributed by atoms with van der Waals surface area (Å²) >= 11 is 0. The van der Waals surface area contributed by atoms with Crippen molar-refractivity contribution in [2.75, 3.05) is 5.43 Å². The third kappa shape index (κ3) is 3.59. The van der Waals surface area contributed by atoms with Crippen molar-refractivity contribution in [3.05, 3.63) is 115 Å². The van der Waals surface area contributed by atoms with Crippen LogP contribution in [0, 0.1) is 0 Å². The number of hydrogen-bond acceptors (Lipinski definition) is 3. The summed E-state index contributed by atoms with van der Waals surface area (Å²) in [6.45, 7) is 0. The molecule has 5 aromatic rings. The van der Waals surface area contributed by atoms with Crippen molar-refractivity contribution in [1.82, 2.24) is 14.9 Å². The van der Waals surface area contributed by atoms with Gasteiger partial charge in [-0.1, -0.05) is 103 Å². The van der Waals surface area contributed by atoms with Crippen LogP contribution in [-0.2, 0) is 0 Å². The van der Waals surface area contributed by atoms with E-state index in [0.29, 0.717) is 0 Å². The van der Waals surface area contributed by atoms with Gasteiger partial charge >= 0.3 is 0 Å². The van der Waals surface area contributed by atoms with Gasteiger partial charge in [0.15, 0.2) is 11.6 Å². The van der Waals surface area contributed by atoms with E-state index in [1.807, 2.05) is 71.4 Å². The second-order valence-corrected chi connectivity index (χ2v) is 6.97.